The highest BCUT2D eigenvalue weighted by Gasteiger charge is 2.40. The van der Waals surface area contributed by atoms with Crippen molar-refractivity contribution in [3.63, 3.8) is 0 Å². The summed E-state index contributed by atoms with van der Waals surface area (Å²) in [5.74, 6) is 0.216. The number of nitrogens with zero attached hydrogens (tertiary/aromatic N) is 3. The lowest BCUT2D eigenvalue weighted by atomic mass is 9.88. The summed E-state index contributed by atoms with van der Waals surface area (Å²) in [7, 11) is 0. The van der Waals surface area contributed by atoms with Crippen molar-refractivity contribution in [2.45, 2.75) is 25.2 Å². The fraction of sp³-hybridized carbons (Fsp3) is 0.375. The van der Waals surface area contributed by atoms with Gasteiger partial charge in [0.25, 0.3) is 17.9 Å². The lowest BCUT2D eigenvalue weighted by molar-refractivity contribution is -0.133. The summed E-state index contributed by atoms with van der Waals surface area (Å²) in [5.41, 5.74) is 1.28. The average molecular weight is 620 g/mol. The Morgan fingerprint density at radius 1 is 0.978 bits per heavy atom. The smallest absolute Gasteiger partial charge is 0.290 e. The zero-order valence-electron chi connectivity index (χ0n) is 24.8. The molecule has 2 atom stereocenters. The van der Waals surface area contributed by atoms with Crippen LogP contribution in [-0.2, 0) is 25.6 Å². The maximum atomic E-state index is 13.5. The van der Waals surface area contributed by atoms with Crippen molar-refractivity contribution in [3.05, 3.63) is 88.3 Å². The molecule has 2 aliphatic heterocycles. The molecule has 0 radical (unpaired) electrons. The van der Waals surface area contributed by atoms with Gasteiger partial charge in [-0.1, -0.05) is 30.3 Å². The number of hydrogen-bond donors (Lipinski definition) is 3. The van der Waals surface area contributed by atoms with Gasteiger partial charge in [-0.2, -0.15) is 5.10 Å². The number of amides is 3. The molecule has 2 aromatic carbocycles. The largest absolute Gasteiger partial charge is 0.494 e. The van der Waals surface area contributed by atoms with Crippen LogP contribution in [0.3, 0.4) is 0 Å². The Bertz CT molecular complexity index is 1480. The minimum Gasteiger partial charge on any atom is -0.494 e. The van der Waals surface area contributed by atoms with Crippen LogP contribution >= 0.6 is 0 Å². The number of H-pyrrole nitrogens is 1. The maximum Gasteiger partial charge on any atom is 0.290 e. The number of hydrogen-bond acceptors (Lipinski definition) is 8. The Morgan fingerprint density at radius 3 is 2.51 bits per heavy atom. The Labute approximate surface area is 260 Å². The zero-order chi connectivity index (χ0) is 32.0. The lowest BCUT2D eigenvalue weighted by Crippen LogP contribution is -2.42. The molecular formula is C32H37N5O8. The van der Waals surface area contributed by atoms with E-state index in [1.54, 1.807) is 28.0 Å². The number of benzene rings is 2. The summed E-state index contributed by atoms with van der Waals surface area (Å²) in [5, 5.41) is 16.3. The molecule has 2 aliphatic rings. The van der Waals surface area contributed by atoms with Crippen molar-refractivity contribution in [3.8, 4) is 11.5 Å². The van der Waals surface area contributed by atoms with Crippen molar-refractivity contribution < 1.29 is 33.8 Å². The van der Waals surface area contributed by atoms with Crippen LogP contribution in [0.25, 0.3) is 0 Å². The van der Waals surface area contributed by atoms with Gasteiger partial charge in [-0.15, -0.1) is 0 Å². The van der Waals surface area contributed by atoms with E-state index in [1.807, 2.05) is 42.5 Å². The van der Waals surface area contributed by atoms with Gasteiger partial charge in [0.2, 0.25) is 11.8 Å². The third-order valence-electron chi connectivity index (χ3n) is 7.61. The number of nitrogens with one attached hydrogen (secondary N) is 2. The monoisotopic (exact) mass is 619 g/mol. The number of likely N-dealkylation sites (tertiary alicyclic amines) is 1. The molecule has 3 aromatic rings. The van der Waals surface area contributed by atoms with Crippen LogP contribution in [0.5, 0.6) is 11.5 Å². The molecule has 3 heterocycles. The number of aryl methyl sites for hydroxylation is 1. The van der Waals surface area contributed by atoms with Gasteiger partial charge in [0, 0.05) is 57.5 Å². The number of aromatic nitrogens is 2. The number of rotatable bonds is 6. The quantitative estimate of drug-likeness (QED) is 0.346. The van der Waals surface area contributed by atoms with Crippen molar-refractivity contribution in [1.82, 2.24) is 25.3 Å². The summed E-state index contributed by atoms with van der Waals surface area (Å²) in [6.45, 7) is 1.84. The first-order valence-electron chi connectivity index (χ1n) is 14.7. The molecule has 238 valence electrons. The van der Waals surface area contributed by atoms with Gasteiger partial charge in [0.05, 0.1) is 18.2 Å². The summed E-state index contributed by atoms with van der Waals surface area (Å²) in [6, 6.07) is 19.8. The van der Waals surface area contributed by atoms with Crippen LogP contribution in [0, 0.1) is 5.92 Å². The van der Waals surface area contributed by atoms with Crippen LogP contribution in [0.1, 0.15) is 30.0 Å². The van der Waals surface area contributed by atoms with E-state index in [1.165, 1.54) is 6.07 Å². The Morgan fingerprint density at radius 2 is 1.76 bits per heavy atom. The molecule has 1 saturated heterocycles. The highest BCUT2D eigenvalue weighted by molar-refractivity contribution is 5.84. The van der Waals surface area contributed by atoms with E-state index in [2.05, 4.69) is 15.5 Å². The SMILES string of the molecule is O=C1NCCN(C(=O)CCc2ccc(=O)[nH]n2)CCCOc2cccc(c2)[C@H]2CN(C(=O)COc3ccccc3)C[C@H]12.O=CO. The van der Waals surface area contributed by atoms with Crippen molar-refractivity contribution >= 4 is 24.2 Å². The Balaban J connectivity index is 0.00000148. The first-order chi connectivity index (χ1) is 21.9. The number of carbonyl (C=O) groups excluding carboxylic acids is 3. The van der Waals surface area contributed by atoms with Crippen LogP contribution in [0.2, 0.25) is 0 Å². The molecule has 0 unspecified atom stereocenters. The van der Waals surface area contributed by atoms with E-state index in [9.17, 15) is 19.2 Å². The predicted octanol–water partition coefficient (Wildman–Crippen LogP) is 1.45. The average Bonchev–Trinajstić information content (AvgIpc) is 3.51. The molecule has 0 saturated carbocycles. The molecule has 13 nitrogen and oxygen atoms in total. The minimum atomic E-state index is -0.459. The third kappa shape index (κ3) is 9.65. The molecule has 2 bridgehead atoms. The summed E-state index contributed by atoms with van der Waals surface area (Å²) < 4.78 is 11.7. The molecule has 45 heavy (non-hydrogen) atoms. The molecule has 0 spiro atoms. The zero-order valence-corrected chi connectivity index (χ0v) is 24.8. The molecule has 5 rings (SSSR count). The number of para-hydroxylation sites is 1. The normalized spacial score (nSPS) is 18.2. The molecule has 1 fully saturated rings. The molecule has 1 aromatic heterocycles. The van der Waals surface area contributed by atoms with Crippen LogP contribution < -0.4 is 20.3 Å². The highest BCUT2D eigenvalue weighted by Crippen LogP contribution is 2.34. The first kappa shape index (κ1) is 32.7. The Kier molecular flexibility index (Phi) is 12.1. The van der Waals surface area contributed by atoms with Gasteiger partial charge in [-0.05, 0) is 42.3 Å². The van der Waals surface area contributed by atoms with Crippen molar-refractivity contribution in [2.24, 2.45) is 5.92 Å². The second-order valence-corrected chi connectivity index (χ2v) is 10.6. The van der Waals surface area contributed by atoms with Gasteiger partial charge >= 0.3 is 0 Å². The van der Waals surface area contributed by atoms with E-state index in [0.29, 0.717) is 56.3 Å². The fourth-order valence-corrected chi connectivity index (χ4v) is 5.36. The number of carboxylic acid groups (broad SMARTS) is 1. The molecular weight excluding hydrogens is 582 g/mol. The number of fused-ring (bicyclic) bond motifs is 4. The van der Waals surface area contributed by atoms with Gasteiger partial charge < -0.3 is 29.7 Å². The van der Waals surface area contributed by atoms with E-state index in [4.69, 9.17) is 19.4 Å². The second-order valence-electron chi connectivity index (χ2n) is 10.6. The molecule has 13 heteroatoms. The third-order valence-corrected chi connectivity index (χ3v) is 7.61. The molecule has 3 N–H and O–H groups in total. The van der Waals surface area contributed by atoms with Gasteiger partial charge in [0.1, 0.15) is 11.5 Å². The van der Waals surface area contributed by atoms with Gasteiger partial charge in [-0.25, -0.2) is 5.10 Å². The van der Waals surface area contributed by atoms with Gasteiger partial charge in [-0.3, -0.25) is 24.0 Å². The number of ether oxygens (including phenoxy) is 2. The van der Waals surface area contributed by atoms with Crippen molar-refractivity contribution in [1.29, 1.82) is 0 Å². The van der Waals surface area contributed by atoms with Crippen molar-refractivity contribution in [2.75, 3.05) is 45.9 Å². The standard InChI is InChI=1S/C31H35N5O6.CH2O2/c37-28-12-10-23(33-34-28)11-13-29(38)35-15-5-17-41-25-9-4-6-22(18-25)26-19-36(20-27(26)31(40)32-14-16-35)30(39)21-42-24-7-2-1-3-8-24;2-1-3/h1-4,6-10,12,18,26-27H,5,11,13-17,19-21H2,(H,32,40)(H,34,37);1H,(H,2,3)/t26-,27+;/m1./s1. The van der Waals surface area contributed by atoms with Crippen LogP contribution in [-0.4, -0.2) is 95.2 Å². The second kappa shape index (κ2) is 16.6. The summed E-state index contributed by atoms with van der Waals surface area (Å²) >= 11 is 0. The summed E-state index contributed by atoms with van der Waals surface area (Å²) in [6.07, 6.45) is 1.24. The highest BCUT2D eigenvalue weighted by atomic mass is 16.5. The number of carbonyl (C=O) groups is 4. The maximum absolute atomic E-state index is 13.5. The van der Waals surface area contributed by atoms with E-state index < -0.39 is 5.92 Å². The van der Waals surface area contributed by atoms with E-state index in [0.717, 1.165) is 5.56 Å². The van der Waals surface area contributed by atoms with Crippen LogP contribution in [0.15, 0.2) is 71.5 Å². The van der Waals surface area contributed by atoms with Crippen LogP contribution in [0.4, 0.5) is 0 Å². The number of aromatic amines is 1. The first-order valence-corrected chi connectivity index (χ1v) is 14.7. The Hall–Kier alpha value is -5.20. The molecule has 0 aliphatic carbocycles. The van der Waals surface area contributed by atoms with E-state index >= 15 is 0 Å². The molecule has 3 amide bonds. The lowest BCUT2D eigenvalue weighted by Gasteiger charge is -2.25. The minimum absolute atomic E-state index is 0.0692. The predicted molar refractivity (Wildman–Crippen MR) is 163 cm³/mol. The van der Waals surface area contributed by atoms with Gasteiger partial charge in [0.15, 0.2) is 6.61 Å². The summed E-state index contributed by atoms with van der Waals surface area (Å²) in [4.78, 5) is 62.7. The fourth-order valence-electron chi connectivity index (χ4n) is 5.36. The van der Waals surface area contributed by atoms with E-state index in [-0.39, 0.29) is 61.8 Å². The topological polar surface area (TPSA) is 171 Å².